The van der Waals surface area contributed by atoms with Gasteiger partial charge in [-0.2, -0.15) is 0 Å². The Balaban J connectivity index is 2.13. The smallest absolute Gasteiger partial charge is 0.261 e. The Kier molecular flexibility index (Phi) is 9.37. The fourth-order valence-electron chi connectivity index (χ4n) is 2.99. The first kappa shape index (κ1) is 23.9. The van der Waals surface area contributed by atoms with E-state index in [0.29, 0.717) is 18.8 Å². The molecule has 2 amide bonds. The molecule has 30 heavy (non-hydrogen) atoms. The summed E-state index contributed by atoms with van der Waals surface area (Å²) in [4.78, 5) is 27.3. The molecule has 0 fully saturated rings. The van der Waals surface area contributed by atoms with Crippen molar-refractivity contribution in [3.8, 4) is 5.75 Å². The average Bonchev–Trinajstić information content (AvgIpc) is 2.73. The van der Waals surface area contributed by atoms with Crippen LogP contribution in [-0.2, 0) is 16.1 Å². The van der Waals surface area contributed by atoms with E-state index in [9.17, 15) is 9.59 Å². The van der Waals surface area contributed by atoms with Gasteiger partial charge in [0, 0.05) is 17.6 Å². The maximum atomic E-state index is 13.1. The highest BCUT2D eigenvalue weighted by molar-refractivity contribution is 9.10. The number of carbonyl (C=O) groups excluding carboxylic acids is 2. The van der Waals surface area contributed by atoms with E-state index >= 15 is 0 Å². The molecule has 162 valence electrons. The van der Waals surface area contributed by atoms with E-state index in [2.05, 4.69) is 28.2 Å². The lowest BCUT2D eigenvalue weighted by atomic mass is 10.1. The molecule has 0 aliphatic rings. The van der Waals surface area contributed by atoms with E-state index in [4.69, 9.17) is 4.74 Å². The molecule has 0 radical (unpaired) electrons. The van der Waals surface area contributed by atoms with Gasteiger partial charge in [0.25, 0.3) is 5.91 Å². The molecular weight excluding hydrogens is 444 g/mol. The van der Waals surface area contributed by atoms with Crippen molar-refractivity contribution in [1.29, 1.82) is 0 Å². The van der Waals surface area contributed by atoms with Crippen molar-refractivity contribution in [2.75, 3.05) is 13.2 Å². The number of aryl methyl sites for hydroxylation is 2. The Labute approximate surface area is 187 Å². The van der Waals surface area contributed by atoms with Gasteiger partial charge in [0.05, 0.1) is 0 Å². The number of hydrogen-bond donors (Lipinski definition) is 1. The number of ether oxygens (including phenoxy) is 1. The molecule has 0 unspecified atom stereocenters. The van der Waals surface area contributed by atoms with E-state index in [0.717, 1.165) is 34.0 Å². The highest BCUT2D eigenvalue weighted by atomic mass is 79.9. The minimum atomic E-state index is -0.597. The maximum absolute atomic E-state index is 13.1. The van der Waals surface area contributed by atoms with E-state index in [1.807, 2.05) is 56.3 Å². The molecule has 2 rings (SSSR count). The van der Waals surface area contributed by atoms with E-state index in [1.54, 1.807) is 11.8 Å². The summed E-state index contributed by atoms with van der Waals surface area (Å²) in [5.74, 6) is 0.310. The lowest BCUT2D eigenvalue weighted by Crippen LogP contribution is -2.49. The standard InChI is InChI=1S/C24H31BrN2O3/c1-5-6-13-26-24(29)19(4)27(15-20-9-11-21(25)12-10-20)23(28)16-30-22-14-17(2)7-8-18(22)3/h7-12,14,19H,5-6,13,15-16H2,1-4H3,(H,26,29)/t19-/m1/s1. The van der Waals surface area contributed by atoms with Crippen LogP contribution in [0.1, 0.15) is 43.4 Å². The SMILES string of the molecule is CCCCNC(=O)[C@@H](C)N(Cc1ccc(Br)cc1)C(=O)COc1cc(C)ccc1C. The van der Waals surface area contributed by atoms with Gasteiger partial charge in [0.2, 0.25) is 5.91 Å². The van der Waals surface area contributed by atoms with Crippen molar-refractivity contribution in [1.82, 2.24) is 10.2 Å². The molecule has 0 aliphatic carbocycles. The van der Waals surface area contributed by atoms with Gasteiger partial charge >= 0.3 is 0 Å². The average molecular weight is 475 g/mol. The molecular formula is C24H31BrN2O3. The highest BCUT2D eigenvalue weighted by Gasteiger charge is 2.26. The zero-order valence-electron chi connectivity index (χ0n) is 18.2. The third kappa shape index (κ3) is 7.17. The van der Waals surface area contributed by atoms with E-state index < -0.39 is 6.04 Å². The Bertz CT molecular complexity index is 852. The van der Waals surface area contributed by atoms with Crippen LogP contribution in [0.5, 0.6) is 5.75 Å². The van der Waals surface area contributed by atoms with Crippen molar-refractivity contribution >= 4 is 27.7 Å². The number of unbranched alkanes of at least 4 members (excludes halogenated alkanes) is 1. The van der Waals surface area contributed by atoms with Gasteiger partial charge in [-0.1, -0.05) is 53.5 Å². The first-order valence-corrected chi connectivity index (χ1v) is 11.1. The monoisotopic (exact) mass is 474 g/mol. The number of halogens is 1. The Morgan fingerprint density at radius 1 is 1.13 bits per heavy atom. The van der Waals surface area contributed by atoms with Crippen LogP contribution >= 0.6 is 15.9 Å². The molecule has 6 heteroatoms. The summed E-state index contributed by atoms with van der Waals surface area (Å²) in [6.45, 7) is 8.59. The zero-order valence-corrected chi connectivity index (χ0v) is 19.8. The second-order valence-electron chi connectivity index (χ2n) is 7.53. The van der Waals surface area contributed by atoms with Gasteiger partial charge in [0.15, 0.2) is 6.61 Å². The number of carbonyl (C=O) groups is 2. The summed E-state index contributed by atoms with van der Waals surface area (Å²) < 4.78 is 6.78. The van der Waals surface area contributed by atoms with Crippen LogP contribution in [0, 0.1) is 13.8 Å². The summed E-state index contributed by atoms with van der Waals surface area (Å²) >= 11 is 3.43. The second kappa shape index (κ2) is 11.7. The molecule has 0 aliphatic heterocycles. The molecule has 0 heterocycles. The molecule has 5 nitrogen and oxygen atoms in total. The van der Waals surface area contributed by atoms with Gasteiger partial charge < -0.3 is 15.0 Å². The summed E-state index contributed by atoms with van der Waals surface area (Å²) in [5.41, 5.74) is 2.99. The lowest BCUT2D eigenvalue weighted by molar-refractivity contribution is -0.142. The third-order valence-electron chi connectivity index (χ3n) is 4.96. The molecule has 1 atom stereocenters. The van der Waals surface area contributed by atoms with Crippen LogP contribution in [0.15, 0.2) is 46.9 Å². The maximum Gasteiger partial charge on any atom is 0.261 e. The number of hydrogen-bond acceptors (Lipinski definition) is 3. The van der Waals surface area contributed by atoms with Gasteiger partial charge in [-0.25, -0.2) is 0 Å². The van der Waals surface area contributed by atoms with Crippen LogP contribution in [0.2, 0.25) is 0 Å². The fourth-order valence-corrected chi connectivity index (χ4v) is 3.25. The topological polar surface area (TPSA) is 58.6 Å². The summed E-state index contributed by atoms with van der Waals surface area (Å²) in [5, 5.41) is 2.92. The number of nitrogens with zero attached hydrogens (tertiary/aromatic N) is 1. The van der Waals surface area contributed by atoms with Crippen LogP contribution in [0.4, 0.5) is 0 Å². The first-order valence-electron chi connectivity index (χ1n) is 10.3. The van der Waals surface area contributed by atoms with E-state index in [1.165, 1.54) is 0 Å². The minimum absolute atomic E-state index is 0.118. The van der Waals surface area contributed by atoms with Crippen molar-refractivity contribution < 1.29 is 14.3 Å². The van der Waals surface area contributed by atoms with Crippen molar-refractivity contribution in [2.45, 2.75) is 53.1 Å². The van der Waals surface area contributed by atoms with Gasteiger partial charge in [-0.15, -0.1) is 0 Å². The number of amides is 2. The minimum Gasteiger partial charge on any atom is -0.483 e. The molecule has 0 aromatic heterocycles. The Morgan fingerprint density at radius 2 is 1.83 bits per heavy atom. The zero-order chi connectivity index (χ0) is 22.1. The highest BCUT2D eigenvalue weighted by Crippen LogP contribution is 2.20. The van der Waals surface area contributed by atoms with Crippen LogP contribution in [0.3, 0.4) is 0 Å². The predicted octanol–water partition coefficient (Wildman–Crippen LogP) is 4.78. The second-order valence-corrected chi connectivity index (χ2v) is 8.44. The molecule has 0 spiro atoms. The Hall–Kier alpha value is -2.34. The number of nitrogens with one attached hydrogen (secondary N) is 1. The summed E-state index contributed by atoms with van der Waals surface area (Å²) in [6, 6.07) is 13.0. The third-order valence-corrected chi connectivity index (χ3v) is 5.49. The molecule has 1 N–H and O–H groups in total. The Morgan fingerprint density at radius 3 is 2.50 bits per heavy atom. The summed E-state index contributed by atoms with van der Waals surface area (Å²) in [6.07, 6.45) is 1.91. The van der Waals surface area contributed by atoms with Crippen LogP contribution in [0.25, 0.3) is 0 Å². The van der Waals surface area contributed by atoms with Gasteiger partial charge in [0.1, 0.15) is 11.8 Å². The van der Waals surface area contributed by atoms with Gasteiger partial charge in [-0.05, 0) is 62.1 Å². The van der Waals surface area contributed by atoms with Gasteiger partial charge in [-0.3, -0.25) is 9.59 Å². The van der Waals surface area contributed by atoms with Crippen LogP contribution < -0.4 is 10.1 Å². The van der Waals surface area contributed by atoms with Crippen molar-refractivity contribution in [2.24, 2.45) is 0 Å². The van der Waals surface area contributed by atoms with Crippen molar-refractivity contribution in [3.05, 3.63) is 63.6 Å². The first-order chi connectivity index (χ1) is 14.3. The van der Waals surface area contributed by atoms with Crippen LogP contribution in [-0.4, -0.2) is 35.9 Å². The molecule has 0 saturated heterocycles. The van der Waals surface area contributed by atoms with Crippen molar-refractivity contribution in [3.63, 3.8) is 0 Å². The molecule has 2 aromatic rings. The summed E-state index contributed by atoms with van der Waals surface area (Å²) in [7, 11) is 0. The fraction of sp³-hybridized carbons (Fsp3) is 0.417. The number of rotatable bonds is 10. The molecule has 0 bridgehead atoms. The lowest BCUT2D eigenvalue weighted by Gasteiger charge is -2.29. The van der Waals surface area contributed by atoms with E-state index in [-0.39, 0.29) is 18.4 Å². The molecule has 0 saturated carbocycles. The quantitative estimate of drug-likeness (QED) is 0.504. The molecule has 2 aromatic carbocycles. The number of benzene rings is 2. The predicted molar refractivity (Wildman–Crippen MR) is 123 cm³/mol. The normalized spacial score (nSPS) is 11.6. The largest absolute Gasteiger partial charge is 0.483 e.